The second-order valence-corrected chi connectivity index (χ2v) is 7.54. The summed E-state index contributed by atoms with van der Waals surface area (Å²) in [5.41, 5.74) is 2.58. The van der Waals surface area contributed by atoms with Gasteiger partial charge in [0, 0.05) is 18.4 Å². The molecule has 8 nitrogen and oxygen atoms in total. The van der Waals surface area contributed by atoms with Gasteiger partial charge in [-0.05, 0) is 29.7 Å². The van der Waals surface area contributed by atoms with E-state index in [-0.39, 0.29) is 42.7 Å². The van der Waals surface area contributed by atoms with E-state index in [4.69, 9.17) is 9.26 Å². The summed E-state index contributed by atoms with van der Waals surface area (Å²) in [6.45, 7) is 4.04. The molecule has 1 aliphatic heterocycles. The van der Waals surface area contributed by atoms with Crippen LogP contribution in [0.5, 0.6) is 0 Å². The Morgan fingerprint density at radius 3 is 2.48 bits per heavy atom. The fourth-order valence-electron chi connectivity index (χ4n) is 3.29. The molecular weight excluding hydrogens is 398 g/mol. The Bertz CT molecular complexity index is 1120. The van der Waals surface area contributed by atoms with Crippen LogP contribution in [0.25, 0.3) is 11.4 Å². The molecule has 1 fully saturated rings. The number of nitrogens with zero attached hydrogens (tertiary/aromatic N) is 3. The van der Waals surface area contributed by atoms with Crippen LogP contribution in [0.3, 0.4) is 0 Å². The standard InChI is InChI=1S/C23H21N3O5/c1-14(2)15-6-8-16(9-7-15)22-24-19(31-25-22)13-30-23(29)17-4-3-5-18(12-17)26-20(27)10-11-21(26)28/h3-9,12,14H,10-11,13H2,1-2H3. The number of benzene rings is 2. The highest BCUT2D eigenvalue weighted by molar-refractivity contribution is 6.20. The molecule has 1 aliphatic rings. The van der Waals surface area contributed by atoms with Crippen LogP contribution in [0.4, 0.5) is 5.69 Å². The average molecular weight is 419 g/mol. The fraction of sp³-hybridized carbons (Fsp3) is 0.261. The lowest BCUT2D eigenvalue weighted by atomic mass is 10.0. The SMILES string of the molecule is CC(C)c1ccc(-c2noc(COC(=O)c3cccc(N4C(=O)CCC4=O)c3)n2)cc1. The molecule has 2 heterocycles. The fourth-order valence-corrected chi connectivity index (χ4v) is 3.29. The molecule has 0 spiro atoms. The van der Waals surface area contributed by atoms with Crippen molar-refractivity contribution in [1.29, 1.82) is 0 Å². The quantitative estimate of drug-likeness (QED) is 0.441. The van der Waals surface area contributed by atoms with Gasteiger partial charge in [0.05, 0.1) is 11.3 Å². The minimum Gasteiger partial charge on any atom is -0.452 e. The Balaban J connectivity index is 1.41. The number of amides is 2. The molecule has 1 aromatic heterocycles. The van der Waals surface area contributed by atoms with E-state index in [1.54, 1.807) is 18.2 Å². The van der Waals surface area contributed by atoms with E-state index in [1.165, 1.54) is 11.6 Å². The number of ether oxygens (including phenoxy) is 1. The zero-order valence-corrected chi connectivity index (χ0v) is 17.2. The molecule has 0 saturated carbocycles. The molecule has 31 heavy (non-hydrogen) atoms. The predicted octanol–water partition coefficient (Wildman–Crippen LogP) is 3.87. The molecule has 2 amide bonds. The second-order valence-electron chi connectivity index (χ2n) is 7.54. The molecule has 2 aromatic carbocycles. The maximum Gasteiger partial charge on any atom is 0.338 e. The van der Waals surface area contributed by atoms with E-state index in [0.29, 0.717) is 17.4 Å². The van der Waals surface area contributed by atoms with Crippen molar-refractivity contribution in [3.63, 3.8) is 0 Å². The van der Waals surface area contributed by atoms with Crippen molar-refractivity contribution in [2.45, 2.75) is 39.2 Å². The van der Waals surface area contributed by atoms with E-state index < -0.39 is 5.97 Å². The van der Waals surface area contributed by atoms with Gasteiger partial charge >= 0.3 is 5.97 Å². The first-order valence-electron chi connectivity index (χ1n) is 9.98. The molecule has 8 heteroatoms. The van der Waals surface area contributed by atoms with Gasteiger partial charge in [0.25, 0.3) is 5.89 Å². The number of aromatic nitrogens is 2. The van der Waals surface area contributed by atoms with E-state index >= 15 is 0 Å². The minimum atomic E-state index is -0.623. The predicted molar refractivity (Wildman–Crippen MR) is 111 cm³/mol. The van der Waals surface area contributed by atoms with Crippen molar-refractivity contribution in [3.05, 3.63) is 65.5 Å². The molecule has 1 saturated heterocycles. The van der Waals surface area contributed by atoms with E-state index in [1.807, 2.05) is 24.3 Å². The van der Waals surface area contributed by atoms with Gasteiger partial charge in [-0.15, -0.1) is 0 Å². The summed E-state index contributed by atoms with van der Waals surface area (Å²) in [4.78, 5) is 41.6. The third-order valence-corrected chi connectivity index (χ3v) is 5.02. The first kappa shape index (κ1) is 20.5. The molecule has 0 radical (unpaired) electrons. The molecule has 0 bridgehead atoms. The lowest BCUT2D eigenvalue weighted by Crippen LogP contribution is -2.28. The van der Waals surface area contributed by atoms with Gasteiger partial charge in [-0.25, -0.2) is 4.79 Å². The van der Waals surface area contributed by atoms with Gasteiger partial charge in [0.15, 0.2) is 6.61 Å². The Hall–Kier alpha value is -3.81. The third kappa shape index (κ3) is 4.37. The summed E-state index contributed by atoms with van der Waals surface area (Å²) in [5.74, 6) is -0.186. The van der Waals surface area contributed by atoms with Gasteiger partial charge < -0.3 is 9.26 Å². The maximum absolute atomic E-state index is 12.4. The topological polar surface area (TPSA) is 103 Å². The normalized spacial score (nSPS) is 13.8. The zero-order chi connectivity index (χ0) is 22.0. The number of esters is 1. The van der Waals surface area contributed by atoms with Crippen LogP contribution in [0.15, 0.2) is 53.1 Å². The number of hydrogen-bond acceptors (Lipinski definition) is 7. The first-order chi connectivity index (χ1) is 14.9. The Kier molecular flexibility index (Phi) is 5.62. The highest BCUT2D eigenvalue weighted by atomic mass is 16.6. The number of carbonyl (C=O) groups excluding carboxylic acids is 3. The van der Waals surface area contributed by atoms with Crippen LogP contribution in [0.2, 0.25) is 0 Å². The van der Waals surface area contributed by atoms with Crippen molar-refractivity contribution in [2.24, 2.45) is 0 Å². The van der Waals surface area contributed by atoms with Gasteiger partial charge in [0.2, 0.25) is 17.6 Å². The van der Waals surface area contributed by atoms with Crippen LogP contribution < -0.4 is 4.90 Å². The summed E-state index contributed by atoms with van der Waals surface area (Å²) in [6.07, 6.45) is 0.348. The second kappa shape index (κ2) is 8.51. The summed E-state index contributed by atoms with van der Waals surface area (Å²) >= 11 is 0. The monoisotopic (exact) mass is 419 g/mol. The largest absolute Gasteiger partial charge is 0.452 e. The van der Waals surface area contributed by atoms with Gasteiger partial charge in [-0.3, -0.25) is 14.5 Å². The molecule has 0 atom stereocenters. The van der Waals surface area contributed by atoms with Crippen molar-refractivity contribution in [1.82, 2.24) is 10.1 Å². The number of hydrogen-bond donors (Lipinski definition) is 0. The smallest absolute Gasteiger partial charge is 0.338 e. The van der Waals surface area contributed by atoms with Crippen molar-refractivity contribution in [3.8, 4) is 11.4 Å². The summed E-state index contributed by atoms with van der Waals surface area (Å²) in [7, 11) is 0. The first-order valence-corrected chi connectivity index (χ1v) is 9.98. The number of anilines is 1. The minimum absolute atomic E-state index is 0.164. The summed E-state index contributed by atoms with van der Waals surface area (Å²) < 4.78 is 10.4. The molecule has 0 unspecified atom stereocenters. The number of rotatable bonds is 6. The molecule has 3 aromatic rings. The highest BCUT2D eigenvalue weighted by Crippen LogP contribution is 2.24. The maximum atomic E-state index is 12.4. The van der Waals surface area contributed by atoms with Crippen LogP contribution in [0.1, 0.15) is 54.4 Å². The van der Waals surface area contributed by atoms with Gasteiger partial charge in [0.1, 0.15) is 0 Å². The number of imide groups is 1. The van der Waals surface area contributed by atoms with E-state index in [9.17, 15) is 14.4 Å². The van der Waals surface area contributed by atoms with Crippen molar-refractivity contribution in [2.75, 3.05) is 4.90 Å². The van der Waals surface area contributed by atoms with Crippen molar-refractivity contribution >= 4 is 23.5 Å². The molecular formula is C23H21N3O5. The van der Waals surface area contributed by atoms with Crippen LogP contribution in [-0.2, 0) is 20.9 Å². The van der Waals surface area contributed by atoms with E-state index in [2.05, 4.69) is 24.0 Å². The number of carbonyl (C=O) groups is 3. The average Bonchev–Trinajstić information content (AvgIpc) is 3.38. The molecule has 0 N–H and O–H groups in total. The third-order valence-electron chi connectivity index (χ3n) is 5.02. The summed E-state index contributed by atoms with van der Waals surface area (Å²) in [6, 6.07) is 14.1. The zero-order valence-electron chi connectivity index (χ0n) is 17.2. The Morgan fingerprint density at radius 1 is 1.10 bits per heavy atom. The molecule has 158 valence electrons. The Morgan fingerprint density at radius 2 is 1.81 bits per heavy atom. The summed E-state index contributed by atoms with van der Waals surface area (Å²) in [5, 5.41) is 3.94. The van der Waals surface area contributed by atoms with Crippen LogP contribution in [0, 0.1) is 0 Å². The lowest BCUT2D eigenvalue weighted by Gasteiger charge is -2.14. The van der Waals surface area contributed by atoms with Crippen LogP contribution in [-0.4, -0.2) is 27.9 Å². The van der Waals surface area contributed by atoms with Crippen LogP contribution >= 0.6 is 0 Å². The van der Waals surface area contributed by atoms with E-state index in [0.717, 1.165) is 10.5 Å². The van der Waals surface area contributed by atoms with Crippen molar-refractivity contribution < 1.29 is 23.6 Å². The lowest BCUT2D eigenvalue weighted by molar-refractivity contribution is -0.121. The molecule has 4 rings (SSSR count). The molecule has 0 aliphatic carbocycles. The van der Waals surface area contributed by atoms with Gasteiger partial charge in [-0.1, -0.05) is 49.3 Å². The van der Waals surface area contributed by atoms with Gasteiger partial charge in [-0.2, -0.15) is 4.98 Å². The highest BCUT2D eigenvalue weighted by Gasteiger charge is 2.30. The Labute approximate surface area is 178 Å².